The number of hydrogen-bond acceptors (Lipinski definition) is 5. The highest BCUT2D eigenvalue weighted by Gasteiger charge is 2.46. The molecular weight excluding hydrogens is 405 g/mol. The fourth-order valence-corrected chi connectivity index (χ4v) is 4.97. The van der Waals surface area contributed by atoms with Crippen molar-refractivity contribution in [3.05, 3.63) is 53.9 Å². The molecule has 5 rings (SSSR count). The van der Waals surface area contributed by atoms with E-state index in [1.54, 1.807) is 0 Å². The zero-order valence-corrected chi connectivity index (χ0v) is 17.4. The summed E-state index contributed by atoms with van der Waals surface area (Å²) in [5, 5.41) is 3.16. The SMILES string of the molecule is Cc1ccc2ncc(CN3CCC4(CC3)CC(Nc3cc(C(F)(F)F)ncn3)C4)n2c1. The summed E-state index contributed by atoms with van der Waals surface area (Å²) < 4.78 is 40.7. The van der Waals surface area contributed by atoms with E-state index < -0.39 is 11.9 Å². The lowest BCUT2D eigenvalue weighted by Crippen LogP contribution is -2.51. The number of nitrogens with zero attached hydrogens (tertiary/aromatic N) is 5. The van der Waals surface area contributed by atoms with Gasteiger partial charge in [-0.1, -0.05) is 6.07 Å². The largest absolute Gasteiger partial charge is 0.433 e. The van der Waals surface area contributed by atoms with E-state index >= 15 is 0 Å². The van der Waals surface area contributed by atoms with Crippen LogP contribution in [0.25, 0.3) is 5.65 Å². The van der Waals surface area contributed by atoms with E-state index in [0.29, 0.717) is 5.41 Å². The number of likely N-dealkylation sites (tertiary alicyclic amines) is 1. The van der Waals surface area contributed by atoms with Crippen molar-refractivity contribution in [2.45, 2.75) is 51.4 Å². The predicted molar refractivity (Wildman–Crippen MR) is 111 cm³/mol. The molecule has 1 aliphatic heterocycles. The number of nitrogens with one attached hydrogen (secondary N) is 1. The predicted octanol–water partition coefficient (Wildman–Crippen LogP) is 4.31. The van der Waals surface area contributed by atoms with Gasteiger partial charge in [0.2, 0.25) is 0 Å². The van der Waals surface area contributed by atoms with Crippen LogP contribution in [0.2, 0.25) is 0 Å². The van der Waals surface area contributed by atoms with Crippen LogP contribution in [-0.4, -0.2) is 43.4 Å². The van der Waals surface area contributed by atoms with Crippen molar-refractivity contribution in [1.29, 1.82) is 0 Å². The Kier molecular flexibility index (Phi) is 4.88. The molecule has 0 unspecified atom stereocenters. The Balaban J connectivity index is 1.14. The Hall–Kier alpha value is -2.68. The summed E-state index contributed by atoms with van der Waals surface area (Å²) in [6, 6.07) is 5.28. The molecule has 4 heterocycles. The Morgan fingerprint density at radius 2 is 1.90 bits per heavy atom. The van der Waals surface area contributed by atoms with Gasteiger partial charge in [-0.25, -0.2) is 15.0 Å². The van der Waals surface area contributed by atoms with Crippen LogP contribution in [0.5, 0.6) is 0 Å². The van der Waals surface area contributed by atoms with Crippen molar-refractivity contribution in [2.75, 3.05) is 18.4 Å². The average molecular weight is 430 g/mol. The second kappa shape index (κ2) is 7.47. The molecule has 1 aliphatic carbocycles. The number of aryl methyl sites for hydroxylation is 1. The highest BCUT2D eigenvalue weighted by atomic mass is 19.4. The standard InChI is InChI=1S/C22H25F3N6/c1-15-2-3-20-26-11-17(31(20)12-15)13-30-6-4-21(5-7-30)9-16(10-21)29-19-8-18(22(23,24)25)27-14-28-19/h2-3,8,11-12,14,16H,4-7,9-10,13H2,1H3,(H,27,28,29). The zero-order chi connectivity index (χ0) is 21.6. The van der Waals surface area contributed by atoms with Gasteiger partial charge in [0, 0.05) is 24.8 Å². The van der Waals surface area contributed by atoms with E-state index in [1.165, 1.54) is 11.3 Å². The lowest BCUT2D eigenvalue weighted by molar-refractivity contribution is -0.141. The first-order valence-electron chi connectivity index (χ1n) is 10.6. The van der Waals surface area contributed by atoms with Gasteiger partial charge in [0.05, 0.1) is 11.9 Å². The molecule has 1 saturated heterocycles. The summed E-state index contributed by atoms with van der Waals surface area (Å²) in [6.07, 6.45) is 4.77. The molecule has 1 N–H and O–H groups in total. The van der Waals surface area contributed by atoms with Crippen LogP contribution in [0.1, 0.15) is 42.6 Å². The number of piperidine rings is 1. The van der Waals surface area contributed by atoms with Gasteiger partial charge in [-0.3, -0.25) is 4.90 Å². The Morgan fingerprint density at radius 1 is 1.13 bits per heavy atom. The minimum atomic E-state index is -4.45. The van der Waals surface area contributed by atoms with Crippen LogP contribution >= 0.6 is 0 Å². The summed E-state index contributed by atoms with van der Waals surface area (Å²) in [4.78, 5) is 14.2. The van der Waals surface area contributed by atoms with Crippen molar-refractivity contribution in [2.24, 2.45) is 5.41 Å². The third-order valence-corrected chi connectivity index (χ3v) is 6.70. The van der Waals surface area contributed by atoms with Gasteiger partial charge >= 0.3 is 6.18 Å². The van der Waals surface area contributed by atoms with Crippen LogP contribution in [-0.2, 0) is 12.7 Å². The number of anilines is 1. The Labute approximate surface area is 178 Å². The molecule has 2 aliphatic rings. The number of aromatic nitrogens is 4. The molecule has 2 fully saturated rings. The van der Waals surface area contributed by atoms with Crippen LogP contribution in [0.15, 0.2) is 36.9 Å². The van der Waals surface area contributed by atoms with E-state index in [-0.39, 0.29) is 11.9 Å². The van der Waals surface area contributed by atoms with Crippen molar-refractivity contribution in [3.8, 4) is 0 Å². The third-order valence-electron chi connectivity index (χ3n) is 6.70. The normalized spacial score (nSPS) is 19.6. The molecule has 1 saturated carbocycles. The summed E-state index contributed by atoms with van der Waals surface area (Å²) in [5.74, 6) is 0.252. The molecule has 0 amide bonds. The number of hydrogen-bond donors (Lipinski definition) is 1. The van der Waals surface area contributed by atoms with Crippen molar-refractivity contribution in [3.63, 3.8) is 0 Å². The highest BCUT2D eigenvalue weighted by molar-refractivity contribution is 5.41. The molecule has 0 atom stereocenters. The fourth-order valence-electron chi connectivity index (χ4n) is 4.97. The van der Waals surface area contributed by atoms with E-state index in [0.717, 1.165) is 63.4 Å². The summed E-state index contributed by atoms with van der Waals surface area (Å²) in [6.45, 7) is 5.01. The van der Waals surface area contributed by atoms with Gasteiger partial charge in [0.1, 0.15) is 23.5 Å². The highest BCUT2D eigenvalue weighted by Crippen LogP contribution is 2.50. The molecule has 0 bridgehead atoms. The molecule has 3 aromatic rings. The van der Waals surface area contributed by atoms with Gasteiger partial charge in [-0.2, -0.15) is 13.2 Å². The minimum Gasteiger partial charge on any atom is -0.367 e. The molecule has 164 valence electrons. The van der Waals surface area contributed by atoms with Crippen LogP contribution in [0.3, 0.4) is 0 Å². The number of imidazole rings is 1. The Bertz CT molecular complexity index is 1080. The van der Waals surface area contributed by atoms with Crippen LogP contribution < -0.4 is 5.32 Å². The molecule has 1 spiro atoms. The van der Waals surface area contributed by atoms with Gasteiger partial charge in [-0.15, -0.1) is 0 Å². The monoisotopic (exact) mass is 430 g/mol. The minimum absolute atomic E-state index is 0.171. The van der Waals surface area contributed by atoms with Crippen molar-refractivity contribution < 1.29 is 13.2 Å². The molecular formula is C22H25F3N6. The third kappa shape index (κ3) is 4.11. The van der Waals surface area contributed by atoms with E-state index in [4.69, 9.17) is 0 Å². The van der Waals surface area contributed by atoms with Gasteiger partial charge in [0.15, 0.2) is 0 Å². The topological polar surface area (TPSA) is 58.4 Å². The molecule has 3 aromatic heterocycles. The number of pyridine rings is 1. The van der Waals surface area contributed by atoms with E-state index in [9.17, 15) is 13.2 Å². The lowest BCUT2D eigenvalue weighted by atomic mass is 9.60. The first-order chi connectivity index (χ1) is 14.8. The molecule has 0 radical (unpaired) electrons. The zero-order valence-electron chi connectivity index (χ0n) is 17.4. The molecule has 9 heteroatoms. The molecule has 0 aromatic carbocycles. The van der Waals surface area contributed by atoms with E-state index in [1.807, 2.05) is 12.3 Å². The quantitative estimate of drug-likeness (QED) is 0.669. The number of halogens is 3. The summed E-state index contributed by atoms with van der Waals surface area (Å²) in [7, 11) is 0. The number of rotatable bonds is 4. The number of alkyl halides is 3. The molecule has 31 heavy (non-hydrogen) atoms. The van der Waals surface area contributed by atoms with Crippen LogP contribution in [0, 0.1) is 12.3 Å². The smallest absolute Gasteiger partial charge is 0.367 e. The van der Waals surface area contributed by atoms with Gasteiger partial charge in [0.25, 0.3) is 0 Å². The maximum Gasteiger partial charge on any atom is 0.433 e. The van der Waals surface area contributed by atoms with Gasteiger partial charge in [-0.05, 0) is 62.7 Å². The maximum atomic E-state index is 12.8. The lowest BCUT2D eigenvalue weighted by Gasteiger charge is -2.52. The average Bonchev–Trinajstić information content (AvgIpc) is 3.10. The van der Waals surface area contributed by atoms with Crippen molar-refractivity contribution in [1.82, 2.24) is 24.3 Å². The summed E-state index contributed by atoms with van der Waals surface area (Å²) in [5.41, 5.74) is 2.77. The van der Waals surface area contributed by atoms with Gasteiger partial charge < -0.3 is 9.72 Å². The fraction of sp³-hybridized carbons (Fsp3) is 0.500. The molecule has 6 nitrogen and oxygen atoms in total. The first kappa shape index (κ1) is 20.2. The first-order valence-corrected chi connectivity index (χ1v) is 10.6. The summed E-state index contributed by atoms with van der Waals surface area (Å²) >= 11 is 0. The van der Waals surface area contributed by atoms with E-state index in [2.05, 4.69) is 48.8 Å². The second-order valence-corrected chi connectivity index (χ2v) is 9.00. The second-order valence-electron chi connectivity index (χ2n) is 9.00. The van der Waals surface area contributed by atoms with Crippen LogP contribution in [0.4, 0.5) is 19.0 Å². The maximum absolute atomic E-state index is 12.8. The Morgan fingerprint density at radius 3 is 2.65 bits per heavy atom. The van der Waals surface area contributed by atoms with Crippen molar-refractivity contribution >= 4 is 11.5 Å². The number of fused-ring (bicyclic) bond motifs is 1.